The summed E-state index contributed by atoms with van der Waals surface area (Å²) in [7, 11) is 0. The van der Waals surface area contributed by atoms with E-state index in [0.717, 1.165) is 5.69 Å². The molecule has 3 aromatic rings. The number of hydrogen-bond donors (Lipinski definition) is 1. The van der Waals surface area contributed by atoms with Gasteiger partial charge in [-0.2, -0.15) is 0 Å². The average molecular weight is 352 g/mol. The number of hydrogen-bond acceptors (Lipinski definition) is 5. The first-order valence-electron chi connectivity index (χ1n) is 7.62. The highest BCUT2D eigenvalue weighted by Gasteiger charge is 2.08. The summed E-state index contributed by atoms with van der Waals surface area (Å²) in [6.45, 7) is 1.51. The third kappa shape index (κ3) is 4.54. The fourth-order valence-electron chi connectivity index (χ4n) is 2.13. The maximum Gasteiger partial charge on any atom is 0.234 e. The van der Waals surface area contributed by atoms with Crippen molar-refractivity contribution in [2.24, 2.45) is 0 Å². The zero-order chi connectivity index (χ0) is 17.6. The molecular formula is C18H16N4O2S. The number of amides is 1. The molecule has 2 aromatic carbocycles. The van der Waals surface area contributed by atoms with E-state index in [9.17, 15) is 9.59 Å². The van der Waals surface area contributed by atoms with Gasteiger partial charge in [-0.05, 0) is 43.3 Å². The Balaban J connectivity index is 1.54. The summed E-state index contributed by atoms with van der Waals surface area (Å²) in [5.41, 5.74) is 2.18. The molecule has 0 radical (unpaired) electrons. The molecule has 1 aromatic heterocycles. The van der Waals surface area contributed by atoms with Gasteiger partial charge in [0.25, 0.3) is 0 Å². The van der Waals surface area contributed by atoms with Crippen molar-refractivity contribution in [3.63, 3.8) is 0 Å². The van der Waals surface area contributed by atoms with Crippen molar-refractivity contribution < 1.29 is 9.59 Å². The Morgan fingerprint density at radius 2 is 1.80 bits per heavy atom. The smallest absolute Gasteiger partial charge is 0.234 e. The minimum Gasteiger partial charge on any atom is -0.325 e. The molecule has 0 aliphatic heterocycles. The molecule has 25 heavy (non-hydrogen) atoms. The van der Waals surface area contributed by atoms with Crippen molar-refractivity contribution in [3.8, 4) is 5.69 Å². The van der Waals surface area contributed by atoms with Crippen LogP contribution >= 0.6 is 11.8 Å². The summed E-state index contributed by atoms with van der Waals surface area (Å²) in [5.74, 6) is 0.0397. The Bertz CT molecular complexity index is 876. The number of anilines is 1. The summed E-state index contributed by atoms with van der Waals surface area (Å²) in [4.78, 5) is 27.5. The second kappa shape index (κ2) is 7.76. The summed E-state index contributed by atoms with van der Waals surface area (Å²) in [6, 6.07) is 16.4. The SMILES string of the molecule is CC(=O)c1ccc(NC(=O)CSc2ncn(-c3ccccc3)n2)cc1. The Morgan fingerprint density at radius 3 is 2.48 bits per heavy atom. The molecule has 126 valence electrons. The van der Waals surface area contributed by atoms with Gasteiger partial charge in [-0.3, -0.25) is 9.59 Å². The highest BCUT2D eigenvalue weighted by Crippen LogP contribution is 2.15. The Hall–Kier alpha value is -2.93. The first kappa shape index (κ1) is 16.9. The fourth-order valence-corrected chi connectivity index (χ4v) is 2.73. The lowest BCUT2D eigenvalue weighted by atomic mass is 10.1. The van der Waals surface area contributed by atoms with E-state index in [1.54, 1.807) is 35.3 Å². The number of Topliss-reactive ketones (excluding diaryl/α,β-unsaturated/α-hetero) is 1. The minimum atomic E-state index is -0.156. The van der Waals surface area contributed by atoms with Crippen molar-refractivity contribution >= 4 is 29.1 Å². The van der Waals surface area contributed by atoms with Crippen LogP contribution in [0.5, 0.6) is 0 Å². The molecule has 0 aliphatic rings. The first-order valence-corrected chi connectivity index (χ1v) is 8.61. The zero-order valence-corrected chi connectivity index (χ0v) is 14.4. The molecule has 0 saturated heterocycles. The van der Waals surface area contributed by atoms with E-state index in [0.29, 0.717) is 16.4 Å². The molecule has 0 atom stereocenters. The number of nitrogens with zero attached hydrogens (tertiary/aromatic N) is 3. The minimum absolute atomic E-state index is 0.00601. The van der Waals surface area contributed by atoms with Crippen LogP contribution in [0.3, 0.4) is 0 Å². The quantitative estimate of drug-likeness (QED) is 0.544. The van der Waals surface area contributed by atoms with Crippen molar-refractivity contribution in [2.75, 3.05) is 11.1 Å². The van der Waals surface area contributed by atoms with E-state index in [2.05, 4.69) is 15.4 Å². The number of carbonyl (C=O) groups is 2. The van der Waals surface area contributed by atoms with Crippen molar-refractivity contribution in [1.29, 1.82) is 0 Å². The predicted molar refractivity (Wildman–Crippen MR) is 97.2 cm³/mol. The number of benzene rings is 2. The van der Waals surface area contributed by atoms with Gasteiger partial charge in [0.1, 0.15) is 6.33 Å². The molecule has 1 N–H and O–H groups in total. The second-order valence-corrected chi connectivity index (χ2v) is 6.22. The Morgan fingerprint density at radius 1 is 1.08 bits per heavy atom. The average Bonchev–Trinajstić information content (AvgIpc) is 3.10. The van der Waals surface area contributed by atoms with Gasteiger partial charge in [0.15, 0.2) is 5.78 Å². The van der Waals surface area contributed by atoms with Crippen LogP contribution in [-0.4, -0.2) is 32.2 Å². The van der Waals surface area contributed by atoms with E-state index < -0.39 is 0 Å². The van der Waals surface area contributed by atoms with Gasteiger partial charge >= 0.3 is 0 Å². The largest absolute Gasteiger partial charge is 0.325 e. The number of nitrogens with one attached hydrogen (secondary N) is 1. The Labute approximate surface area is 149 Å². The van der Waals surface area contributed by atoms with E-state index in [1.165, 1.54) is 18.7 Å². The number of thioether (sulfide) groups is 1. The van der Waals surface area contributed by atoms with Crippen molar-refractivity contribution in [3.05, 3.63) is 66.5 Å². The molecule has 0 aliphatic carbocycles. The van der Waals surface area contributed by atoms with Crippen LogP contribution in [0.2, 0.25) is 0 Å². The van der Waals surface area contributed by atoms with Gasteiger partial charge in [-0.1, -0.05) is 30.0 Å². The summed E-state index contributed by atoms with van der Waals surface area (Å²) in [6.07, 6.45) is 1.62. The maximum atomic E-state index is 12.0. The van der Waals surface area contributed by atoms with Gasteiger partial charge in [0, 0.05) is 11.3 Å². The molecule has 0 bridgehead atoms. The van der Waals surface area contributed by atoms with Crippen LogP contribution in [0.15, 0.2) is 66.1 Å². The van der Waals surface area contributed by atoms with Crippen LogP contribution in [0, 0.1) is 0 Å². The lowest BCUT2D eigenvalue weighted by Gasteiger charge is -2.04. The zero-order valence-electron chi connectivity index (χ0n) is 13.5. The second-order valence-electron chi connectivity index (χ2n) is 5.28. The van der Waals surface area contributed by atoms with Crippen LogP contribution in [-0.2, 0) is 4.79 Å². The molecule has 6 nitrogen and oxygen atoms in total. The highest BCUT2D eigenvalue weighted by molar-refractivity contribution is 7.99. The Kier molecular flexibility index (Phi) is 5.25. The number of rotatable bonds is 6. The van der Waals surface area contributed by atoms with Gasteiger partial charge in [-0.25, -0.2) is 9.67 Å². The van der Waals surface area contributed by atoms with Gasteiger partial charge < -0.3 is 5.32 Å². The molecule has 0 fully saturated rings. The van der Waals surface area contributed by atoms with Crippen LogP contribution in [0.4, 0.5) is 5.69 Å². The van der Waals surface area contributed by atoms with Gasteiger partial charge in [0.2, 0.25) is 11.1 Å². The maximum absolute atomic E-state index is 12.0. The highest BCUT2D eigenvalue weighted by atomic mass is 32.2. The topological polar surface area (TPSA) is 76.9 Å². The van der Waals surface area contributed by atoms with E-state index >= 15 is 0 Å². The van der Waals surface area contributed by atoms with Crippen LogP contribution in [0.25, 0.3) is 5.69 Å². The monoisotopic (exact) mass is 352 g/mol. The van der Waals surface area contributed by atoms with Gasteiger partial charge in [0.05, 0.1) is 11.4 Å². The molecule has 0 unspecified atom stereocenters. The molecule has 0 saturated carbocycles. The van der Waals surface area contributed by atoms with E-state index in [1.807, 2.05) is 30.3 Å². The molecule has 7 heteroatoms. The number of carbonyl (C=O) groups excluding carboxylic acids is 2. The van der Waals surface area contributed by atoms with Crippen LogP contribution in [0.1, 0.15) is 17.3 Å². The van der Waals surface area contributed by atoms with E-state index in [-0.39, 0.29) is 17.4 Å². The summed E-state index contributed by atoms with van der Waals surface area (Å²) < 4.78 is 1.67. The molecule has 0 spiro atoms. The lowest BCUT2D eigenvalue weighted by Crippen LogP contribution is -2.14. The molecular weight excluding hydrogens is 336 g/mol. The molecule has 1 amide bonds. The number of aromatic nitrogens is 3. The van der Waals surface area contributed by atoms with Crippen molar-refractivity contribution in [2.45, 2.75) is 12.1 Å². The van der Waals surface area contributed by atoms with Gasteiger partial charge in [-0.15, -0.1) is 5.10 Å². The molecule has 3 rings (SSSR count). The number of ketones is 1. The fraction of sp³-hybridized carbons (Fsp3) is 0.111. The third-order valence-corrected chi connectivity index (χ3v) is 4.25. The molecule has 1 heterocycles. The standard InChI is InChI=1S/C18H16N4O2S/c1-13(23)14-7-9-15(10-8-14)20-17(24)11-25-18-19-12-22(21-18)16-5-3-2-4-6-16/h2-10,12H,11H2,1H3,(H,20,24). The van der Waals surface area contributed by atoms with Crippen molar-refractivity contribution in [1.82, 2.24) is 14.8 Å². The van der Waals surface area contributed by atoms with E-state index in [4.69, 9.17) is 0 Å². The normalized spacial score (nSPS) is 10.4. The summed E-state index contributed by atoms with van der Waals surface area (Å²) >= 11 is 1.26. The first-order chi connectivity index (χ1) is 12.1. The third-order valence-electron chi connectivity index (χ3n) is 3.40. The predicted octanol–water partition coefficient (Wildman–Crippen LogP) is 3.20. The number of para-hydroxylation sites is 1. The van der Waals surface area contributed by atoms with Crippen LogP contribution < -0.4 is 5.32 Å². The summed E-state index contributed by atoms with van der Waals surface area (Å²) in [5, 5.41) is 7.66. The lowest BCUT2D eigenvalue weighted by molar-refractivity contribution is -0.113.